The molecular weight excluding hydrogens is 450 g/mol. The fourth-order valence-corrected chi connectivity index (χ4v) is 4.42. The summed E-state index contributed by atoms with van der Waals surface area (Å²) in [7, 11) is 0. The number of hydrogen-bond acceptors (Lipinski definition) is 5. The van der Waals surface area contributed by atoms with Gasteiger partial charge in [0.2, 0.25) is 5.91 Å². The lowest BCUT2D eigenvalue weighted by Gasteiger charge is -2.49. The Labute approximate surface area is 202 Å². The highest BCUT2D eigenvalue weighted by molar-refractivity contribution is 7.96. The molecule has 0 aliphatic carbocycles. The van der Waals surface area contributed by atoms with Gasteiger partial charge in [-0.25, -0.2) is 0 Å². The maximum Gasteiger partial charge on any atom is 0.279 e. The Morgan fingerprint density at radius 3 is 2.06 bits per heavy atom. The van der Waals surface area contributed by atoms with E-state index >= 15 is 0 Å². The molecule has 3 aromatic carbocycles. The van der Waals surface area contributed by atoms with E-state index in [1.165, 1.54) is 21.3 Å². The van der Waals surface area contributed by atoms with E-state index in [1.807, 2.05) is 66.7 Å². The Balaban J connectivity index is 1.56. The monoisotopic (exact) mass is 475 g/mol. The summed E-state index contributed by atoms with van der Waals surface area (Å²) in [6, 6.07) is 26.5. The highest BCUT2D eigenvalue weighted by Crippen LogP contribution is 2.31. The summed E-state index contributed by atoms with van der Waals surface area (Å²) < 4.78 is 1.44. The number of benzene rings is 3. The third-order valence-electron chi connectivity index (χ3n) is 5.42. The third kappa shape index (κ3) is 5.30. The van der Waals surface area contributed by atoms with Crippen molar-refractivity contribution in [2.45, 2.75) is 25.2 Å². The van der Waals surface area contributed by atoms with E-state index in [4.69, 9.17) is 4.84 Å². The van der Waals surface area contributed by atoms with E-state index in [1.54, 1.807) is 30.5 Å². The number of rotatable bonds is 9. The van der Waals surface area contributed by atoms with Crippen molar-refractivity contribution in [2.75, 3.05) is 6.26 Å². The summed E-state index contributed by atoms with van der Waals surface area (Å²) in [5.41, 5.74) is 2.13. The molecule has 1 saturated heterocycles. The normalized spacial score (nSPS) is 17.1. The SMILES string of the molecule is CSN1C(=O)[C@@H](NC(=O)Cc2ccccc2)[C@@H]1N(OCc1ccccc1)C(=O)c1ccccc1. The van der Waals surface area contributed by atoms with Crippen LogP contribution in [0.25, 0.3) is 0 Å². The summed E-state index contributed by atoms with van der Waals surface area (Å²) in [6.45, 7) is 0.136. The molecule has 4 rings (SSSR count). The fraction of sp³-hybridized carbons (Fsp3) is 0.192. The highest BCUT2D eigenvalue weighted by atomic mass is 32.2. The van der Waals surface area contributed by atoms with Crippen molar-refractivity contribution in [3.8, 4) is 0 Å². The van der Waals surface area contributed by atoms with Gasteiger partial charge >= 0.3 is 0 Å². The van der Waals surface area contributed by atoms with Gasteiger partial charge in [0.1, 0.15) is 6.61 Å². The van der Waals surface area contributed by atoms with Crippen molar-refractivity contribution < 1.29 is 19.2 Å². The lowest BCUT2D eigenvalue weighted by molar-refractivity contribution is -0.209. The second-order valence-corrected chi connectivity index (χ2v) is 8.48. The molecule has 0 bridgehead atoms. The molecule has 34 heavy (non-hydrogen) atoms. The van der Waals surface area contributed by atoms with Gasteiger partial charge in [-0.15, -0.1) is 0 Å². The van der Waals surface area contributed by atoms with Crippen LogP contribution in [0.3, 0.4) is 0 Å². The summed E-state index contributed by atoms with van der Waals surface area (Å²) in [6.07, 6.45) is 1.09. The first-order valence-corrected chi connectivity index (χ1v) is 12.0. The van der Waals surface area contributed by atoms with Crippen LogP contribution in [0.2, 0.25) is 0 Å². The van der Waals surface area contributed by atoms with E-state index in [-0.39, 0.29) is 24.8 Å². The van der Waals surface area contributed by atoms with Crippen LogP contribution in [0.5, 0.6) is 0 Å². The lowest BCUT2D eigenvalue weighted by Crippen LogP contribution is -2.74. The number of hydrogen-bond donors (Lipinski definition) is 1. The smallest absolute Gasteiger partial charge is 0.279 e. The molecule has 0 radical (unpaired) electrons. The number of carbonyl (C=O) groups is 3. The molecular formula is C26H25N3O4S. The minimum atomic E-state index is -0.910. The Kier molecular flexibility index (Phi) is 7.61. The van der Waals surface area contributed by atoms with Crippen LogP contribution in [-0.4, -0.2) is 45.6 Å². The van der Waals surface area contributed by atoms with E-state index in [9.17, 15) is 14.4 Å². The molecule has 0 unspecified atom stereocenters. The van der Waals surface area contributed by atoms with E-state index in [2.05, 4.69) is 5.32 Å². The van der Waals surface area contributed by atoms with Gasteiger partial charge in [-0.05, 0) is 35.2 Å². The molecule has 1 aliphatic heterocycles. The van der Waals surface area contributed by atoms with Gasteiger partial charge < -0.3 is 5.32 Å². The molecule has 1 aliphatic rings. The van der Waals surface area contributed by atoms with Gasteiger partial charge in [-0.2, -0.15) is 5.06 Å². The Hall–Kier alpha value is -3.62. The molecule has 7 nitrogen and oxygen atoms in total. The van der Waals surface area contributed by atoms with E-state index < -0.39 is 18.1 Å². The standard InChI is InChI=1S/C26H25N3O4S/c1-34-29-24(23(26(29)32)27-22(30)17-19-11-5-2-6-12-19)28(25(31)21-15-9-4-10-16-21)33-18-20-13-7-3-8-14-20/h2-16,23-24H,17-18H2,1H3,(H,27,30)/t23-,24+/m0/s1. The first kappa shape index (κ1) is 23.5. The van der Waals surface area contributed by atoms with E-state index in [0.29, 0.717) is 5.56 Å². The zero-order chi connectivity index (χ0) is 23.9. The van der Waals surface area contributed by atoms with Crippen LogP contribution in [0, 0.1) is 0 Å². The predicted molar refractivity (Wildman–Crippen MR) is 130 cm³/mol. The van der Waals surface area contributed by atoms with Crippen LogP contribution in [0.15, 0.2) is 91.0 Å². The van der Waals surface area contributed by atoms with Crippen molar-refractivity contribution in [1.29, 1.82) is 0 Å². The largest absolute Gasteiger partial charge is 0.341 e. The minimum absolute atomic E-state index is 0.133. The second-order valence-electron chi connectivity index (χ2n) is 7.72. The van der Waals surface area contributed by atoms with Crippen molar-refractivity contribution >= 4 is 29.7 Å². The van der Waals surface area contributed by atoms with Crippen molar-refractivity contribution in [1.82, 2.24) is 14.7 Å². The minimum Gasteiger partial charge on any atom is -0.341 e. The summed E-state index contributed by atoms with van der Waals surface area (Å²) >= 11 is 1.18. The molecule has 3 aromatic rings. The van der Waals surface area contributed by atoms with Crippen LogP contribution in [-0.2, 0) is 27.5 Å². The lowest BCUT2D eigenvalue weighted by atomic mass is 10.0. The van der Waals surface area contributed by atoms with Gasteiger partial charge in [0.05, 0.1) is 6.42 Å². The van der Waals surface area contributed by atoms with Gasteiger partial charge in [-0.1, -0.05) is 78.9 Å². The number of amides is 3. The molecule has 0 saturated carbocycles. The number of β-lactam (4-membered cyclic amide) rings is 1. The van der Waals surface area contributed by atoms with Crippen LogP contribution in [0.4, 0.5) is 0 Å². The molecule has 1 heterocycles. The molecule has 8 heteroatoms. The Bertz CT molecular complexity index is 1130. The van der Waals surface area contributed by atoms with Gasteiger partial charge in [0, 0.05) is 11.8 Å². The number of nitrogens with one attached hydrogen (secondary N) is 1. The molecule has 174 valence electrons. The molecule has 3 amide bonds. The maximum absolute atomic E-state index is 13.4. The molecule has 0 spiro atoms. The Morgan fingerprint density at radius 1 is 0.912 bits per heavy atom. The number of carbonyl (C=O) groups excluding carboxylic acids is 3. The van der Waals surface area contributed by atoms with Crippen LogP contribution in [0.1, 0.15) is 21.5 Å². The van der Waals surface area contributed by atoms with E-state index in [0.717, 1.165) is 11.1 Å². The maximum atomic E-state index is 13.4. The summed E-state index contributed by atoms with van der Waals surface area (Å²) in [5.74, 6) is -0.978. The topological polar surface area (TPSA) is 79.0 Å². The predicted octanol–water partition coefficient (Wildman–Crippen LogP) is 3.43. The van der Waals surface area contributed by atoms with Gasteiger partial charge in [-0.3, -0.25) is 23.5 Å². The van der Waals surface area contributed by atoms with Crippen molar-refractivity contribution in [3.05, 3.63) is 108 Å². The molecule has 2 atom stereocenters. The fourth-order valence-electron chi connectivity index (χ4n) is 3.70. The Morgan fingerprint density at radius 2 is 1.47 bits per heavy atom. The van der Waals surface area contributed by atoms with Crippen LogP contribution >= 0.6 is 11.9 Å². The zero-order valence-corrected chi connectivity index (χ0v) is 19.5. The molecule has 0 aromatic heterocycles. The number of nitrogens with zero attached hydrogens (tertiary/aromatic N) is 2. The summed E-state index contributed by atoms with van der Waals surface area (Å²) in [5, 5.41) is 4.00. The van der Waals surface area contributed by atoms with Crippen LogP contribution < -0.4 is 5.32 Å². The molecule has 1 N–H and O–H groups in total. The first-order chi connectivity index (χ1) is 16.6. The average Bonchev–Trinajstić information content (AvgIpc) is 2.88. The summed E-state index contributed by atoms with van der Waals surface area (Å²) in [4.78, 5) is 45.0. The van der Waals surface area contributed by atoms with Crippen molar-refractivity contribution in [3.63, 3.8) is 0 Å². The average molecular weight is 476 g/mol. The highest BCUT2D eigenvalue weighted by Gasteiger charge is 2.54. The zero-order valence-electron chi connectivity index (χ0n) is 18.7. The first-order valence-electron chi connectivity index (χ1n) is 10.8. The quantitative estimate of drug-likeness (QED) is 0.291. The third-order valence-corrected chi connectivity index (χ3v) is 6.21. The van der Waals surface area contributed by atoms with Crippen molar-refractivity contribution in [2.24, 2.45) is 0 Å². The van der Waals surface area contributed by atoms with Gasteiger partial charge in [0.25, 0.3) is 11.8 Å². The molecule has 1 fully saturated rings. The second kappa shape index (κ2) is 11.0. The van der Waals surface area contributed by atoms with Gasteiger partial charge in [0.15, 0.2) is 12.2 Å². The number of hydroxylamine groups is 2.